The highest BCUT2D eigenvalue weighted by atomic mass is 35.5. The van der Waals surface area contributed by atoms with Crippen molar-refractivity contribution in [2.24, 2.45) is 0 Å². The number of methoxy groups -OCH3 is 2. The van der Waals surface area contributed by atoms with E-state index in [0.717, 1.165) is 28.2 Å². The summed E-state index contributed by atoms with van der Waals surface area (Å²) in [5.74, 6) is 2.99. The first-order valence-electron chi connectivity index (χ1n) is 9.25. The van der Waals surface area contributed by atoms with Crippen LogP contribution >= 0.6 is 11.6 Å². The number of rotatable bonds is 7. The summed E-state index contributed by atoms with van der Waals surface area (Å²) in [5.41, 5.74) is 2.94. The number of benzene rings is 3. The van der Waals surface area contributed by atoms with Crippen molar-refractivity contribution in [1.29, 1.82) is 0 Å². The van der Waals surface area contributed by atoms with Crippen LogP contribution in [0.25, 0.3) is 22.4 Å². The molecule has 156 valence electrons. The molecule has 0 unspecified atom stereocenters. The summed E-state index contributed by atoms with van der Waals surface area (Å²) in [4.78, 5) is 4.84. The smallest absolute Gasteiger partial charge is 0.161 e. The maximum absolute atomic E-state index is 5.94. The fraction of sp³-hybridized carbons (Fsp3) is 0.174. The summed E-state index contributed by atoms with van der Waals surface area (Å²) in [7, 11) is 3.26. The minimum absolute atomic E-state index is 0. The summed E-state index contributed by atoms with van der Waals surface area (Å²) in [6.45, 7) is 1.15. The second kappa shape index (κ2) is 9.74. The molecule has 0 saturated carbocycles. The lowest BCUT2D eigenvalue weighted by Crippen LogP contribution is -3.00. The van der Waals surface area contributed by atoms with E-state index in [4.69, 9.17) is 30.8 Å². The first-order valence-corrected chi connectivity index (χ1v) is 9.63. The number of ether oxygens (including phenoxy) is 3. The number of fused-ring (bicyclic) bond motifs is 1. The first kappa shape index (κ1) is 21.8. The first-order chi connectivity index (χ1) is 14.2. The number of imidazole rings is 1. The van der Waals surface area contributed by atoms with E-state index in [0.29, 0.717) is 29.7 Å². The van der Waals surface area contributed by atoms with Gasteiger partial charge in [-0.1, -0.05) is 23.7 Å². The Labute approximate surface area is 186 Å². The molecule has 0 saturated heterocycles. The number of halogens is 2. The van der Waals surface area contributed by atoms with Crippen LogP contribution in [0.5, 0.6) is 17.2 Å². The molecular weight excluding hydrogens is 423 g/mol. The third-order valence-electron chi connectivity index (χ3n) is 4.69. The van der Waals surface area contributed by atoms with E-state index in [-0.39, 0.29) is 12.4 Å². The molecule has 4 rings (SSSR count). The van der Waals surface area contributed by atoms with Gasteiger partial charge in [-0.05, 0) is 54.6 Å². The van der Waals surface area contributed by atoms with Crippen LogP contribution in [0, 0.1) is 0 Å². The van der Waals surface area contributed by atoms with Crippen molar-refractivity contribution >= 4 is 22.6 Å². The van der Waals surface area contributed by atoms with E-state index in [1.54, 1.807) is 14.2 Å². The fourth-order valence-electron chi connectivity index (χ4n) is 3.28. The molecule has 0 aliphatic rings. The molecule has 0 spiro atoms. The van der Waals surface area contributed by atoms with E-state index in [9.17, 15) is 0 Å². The van der Waals surface area contributed by atoms with Gasteiger partial charge in [0.25, 0.3) is 0 Å². The van der Waals surface area contributed by atoms with Crippen molar-refractivity contribution in [2.45, 2.75) is 6.54 Å². The van der Waals surface area contributed by atoms with Crippen LogP contribution < -0.4 is 26.6 Å². The number of aromatic nitrogens is 2. The molecule has 0 radical (unpaired) electrons. The van der Waals surface area contributed by atoms with E-state index >= 15 is 0 Å². The Balaban J connectivity index is 0.00000256. The van der Waals surface area contributed by atoms with Crippen LogP contribution in [-0.4, -0.2) is 30.4 Å². The standard InChI is InChI=1S/C23H21ClN2O3.ClH/c1-27-21-12-7-16(15-22(21)28-2)23-25-19-5-3-4-6-20(19)26(23)13-14-29-18-10-8-17(24)9-11-18;/h3-12,15H,13-14H2,1-2H3;1H/p-1. The van der Waals surface area contributed by atoms with Gasteiger partial charge in [-0.3, -0.25) is 0 Å². The lowest BCUT2D eigenvalue weighted by atomic mass is 10.2. The zero-order valence-corrected chi connectivity index (χ0v) is 18.2. The molecule has 3 aromatic carbocycles. The predicted molar refractivity (Wildman–Crippen MR) is 115 cm³/mol. The highest BCUT2D eigenvalue weighted by molar-refractivity contribution is 6.30. The van der Waals surface area contributed by atoms with Gasteiger partial charge in [0.05, 0.1) is 31.8 Å². The second-order valence-corrected chi connectivity index (χ2v) is 6.88. The average Bonchev–Trinajstić information content (AvgIpc) is 3.13. The maximum Gasteiger partial charge on any atom is 0.161 e. The minimum atomic E-state index is 0. The number of para-hydroxylation sites is 2. The van der Waals surface area contributed by atoms with Gasteiger partial charge in [0.15, 0.2) is 11.5 Å². The Kier molecular flexibility index (Phi) is 7.08. The molecule has 7 heteroatoms. The summed E-state index contributed by atoms with van der Waals surface area (Å²) >= 11 is 5.94. The second-order valence-electron chi connectivity index (χ2n) is 6.45. The van der Waals surface area contributed by atoms with E-state index in [2.05, 4.69) is 10.6 Å². The van der Waals surface area contributed by atoms with E-state index < -0.39 is 0 Å². The molecule has 0 atom stereocenters. The maximum atomic E-state index is 5.94. The van der Waals surface area contributed by atoms with Crippen LogP contribution in [0.2, 0.25) is 5.02 Å². The molecule has 5 nitrogen and oxygen atoms in total. The third-order valence-corrected chi connectivity index (χ3v) is 4.95. The minimum Gasteiger partial charge on any atom is -1.00 e. The monoisotopic (exact) mass is 443 g/mol. The van der Waals surface area contributed by atoms with Crippen molar-refractivity contribution in [3.05, 3.63) is 71.8 Å². The normalized spacial score (nSPS) is 10.5. The average molecular weight is 444 g/mol. The van der Waals surface area contributed by atoms with Gasteiger partial charge in [-0.2, -0.15) is 0 Å². The van der Waals surface area contributed by atoms with Gasteiger partial charge in [0.2, 0.25) is 0 Å². The van der Waals surface area contributed by atoms with Crippen LogP contribution in [0.4, 0.5) is 0 Å². The molecular formula is C23H21Cl2N2O3-. The Bertz CT molecular complexity index is 1130. The highest BCUT2D eigenvalue weighted by Gasteiger charge is 2.15. The molecule has 4 aromatic rings. The van der Waals surface area contributed by atoms with Crippen molar-refractivity contribution in [3.63, 3.8) is 0 Å². The van der Waals surface area contributed by atoms with E-state index in [1.165, 1.54) is 0 Å². The van der Waals surface area contributed by atoms with Crippen molar-refractivity contribution < 1.29 is 26.6 Å². The van der Waals surface area contributed by atoms with Gasteiger partial charge in [0.1, 0.15) is 18.2 Å². The van der Waals surface area contributed by atoms with Gasteiger partial charge in [-0.25, -0.2) is 4.98 Å². The Hall–Kier alpha value is -2.89. The molecule has 30 heavy (non-hydrogen) atoms. The summed E-state index contributed by atoms with van der Waals surface area (Å²) < 4.78 is 18.9. The topological polar surface area (TPSA) is 45.5 Å². The third kappa shape index (κ3) is 4.48. The summed E-state index contributed by atoms with van der Waals surface area (Å²) in [6, 6.07) is 21.3. The van der Waals surface area contributed by atoms with Gasteiger partial charge in [0, 0.05) is 10.6 Å². The van der Waals surface area contributed by atoms with Gasteiger partial charge in [-0.15, -0.1) is 0 Å². The largest absolute Gasteiger partial charge is 1.00 e. The zero-order valence-electron chi connectivity index (χ0n) is 16.6. The van der Waals surface area contributed by atoms with Gasteiger partial charge >= 0.3 is 0 Å². The number of hydrogen-bond donors (Lipinski definition) is 0. The SMILES string of the molecule is COc1ccc(-c2nc3ccccc3n2CCOc2ccc(Cl)cc2)cc1OC.[Cl-]. The van der Waals surface area contributed by atoms with E-state index in [1.807, 2.05) is 60.7 Å². The quantitative estimate of drug-likeness (QED) is 0.440. The van der Waals surface area contributed by atoms with Crippen LogP contribution in [0.3, 0.4) is 0 Å². The highest BCUT2D eigenvalue weighted by Crippen LogP contribution is 2.33. The van der Waals surface area contributed by atoms with Crippen molar-refractivity contribution in [3.8, 4) is 28.6 Å². The molecule has 0 aliphatic carbocycles. The zero-order chi connectivity index (χ0) is 20.2. The molecule has 0 bridgehead atoms. The summed E-state index contributed by atoms with van der Waals surface area (Å²) in [5, 5.41) is 0.689. The van der Waals surface area contributed by atoms with Crippen LogP contribution in [0.15, 0.2) is 66.7 Å². The molecule has 0 amide bonds. The Morgan fingerprint density at radius 1 is 0.900 bits per heavy atom. The number of hydrogen-bond acceptors (Lipinski definition) is 4. The lowest BCUT2D eigenvalue weighted by molar-refractivity contribution is -0.00000672. The summed E-state index contributed by atoms with van der Waals surface area (Å²) in [6.07, 6.45) is 0. The Morgan fingerprint density at radius 2 is 1.63 bits per heavy atom. The molecule has 0 N–H and O–H groups in total. The molecule has 1 aromatic heterocycles. The van der Waals surface area contributed by atoms with Crippen molar-refractivity contribution in [2.75, 3.05) is 20.8 Å². The molecule has 1 heterocycles. The lowest BCUT2D eigenvalue weighted by Gasteiger charge is -2.13. The number of nitrogens with zero attached hydrogens (tertiary/aromatic N) is 2. The predicted octanol–water partition coefficient (Wildman–Crippen LogP) is 2.46. The van der Waals surface area contributed by atoms with Gasteiger partial charge < -0.3 is 31.2 Å². The molecule has 0 aliphatic heterocycles. The fourth-order valence-corrected chi connectivity index (χ4v) is 3.41. The van der Waals surface area contributed by atoms with Crippen LogP contribution in [0.1, 0.15) is 0 Å². The van der Waals surface area contributed by atoms with Crippen LogP contribution in [-0.2, 0) is 6.54 Å². The molecule has 0 fully saturated rings. The Morgan fingerprint density at radius 3 is 2.37 bits per heavy atom. The van der Waals surface area contributed by atoms with Crippen molar-refractivity contribution in [1.82, 2.24) is 9.55 Å².